The molecule has 1 fully saturated rings. The highest BCUT2D eigenvalue weighted by Crippen LogP contribution is 2.34. The van der Waals surface area contributed by atoms with E-state index in [0.717, 1.165) is 0 Å². The molecule has 8 heteroatoms. The summed E-state index contributed by atoms with van der Waals surface area (Å²) in [6.45, 7) is 6.79. The Morgan fingerprint density at radius 1 is 1.17 bits per heavy atom. The molecule has 0 amide bonds. The lowest BCUT2D eigenvalue weighted by atomic mass is 9.93. The predicted molar refractivity (Wildman–Crippen MR) is 76.6 cm³/mol. The Bertz CT molecular complexity index is 431. The number of carbonyl (C=O) groups excluding carboxylic acids is 2. The predicted octanol–water partition coefficient (Wildman–Crippen LogP) is 2.39. The maximum Gasteiger partial charge on any atom is 0.389 e. The summed E-state index contributed by atoms with van der Waals surface area (Å²) in [5, 5.41) is 0. The van der Waals surface area contributed by atoms with Crippen LogP contribution in [0.25, 0.3) is 0 Å². The quantitative estimate of drug-likeness (QED) is 0.720. The Labute approximate surface area is 134 Å². The summed E-state index contributed by atoms with van der Waals surface area (Å²) < 4.78 is 48.1. The number of hydrogen-bond donors (Lipinski definition) is 0. The molecule has 1 aliphatic heterocycles. The number of ether oxygens (including phenoxy) is 2. The van der Waals surface area contributed by atoms with Crippen molar-refractivity contribution < 1.29 is 32.2 Å². The highest BCUT2D eigenvalue weighted by atomic mass is 19.4. The van der Waals surface area contributed by atoms with Gasteiger partial charge in [-0.05, 0) is 33.6 Å². The normalized spacial score (nSPS) is 22.9. The van der Waals surface area contributed by atoms with Gasteiger partial charge in [0.2, 0.25) is 0 Å². The monoisotopic (exact) mass is 339 g/mol. The van der Waals surface area contributed by atoms with Crippen molar-refractivity contribution in [2.75, 3.05) is 26.2 Å². The van der Waals surface area contributed by atoms with E-state index in [4.69, 9.17) is 9.47 Å². The van der Waals surface area contributed by atoms with Gasteiger partial charge in [-0.2, -0.15) is 13.2 Å². The molecule has 5 nitrogen and oxygen atoms in total. The third-order valence-electron chi connectivity index (χ3n) is 3.37. The SMILES string of the molecule is CCOC(=O)C1CN(CC(=O)OC(C)(C)C)CC1CC(F)(F)F. The fourth-order valence-corrected chi connectivity index (χ4v) is 2.67. The van der Waals surface area contributed by atoms with Gasteiger partial charge < -0.3 is 9.47 Å². The lowest BCUT2D eigenvalue weighted by Crippen LogP contribution is -2.34. The molecule has 0 N–H and O–H groups in total. The average Bonchev–Trinajstić information content (AvgIpc) is 2.66. The second kappa shape index (κ2) is 7.51. The molecular formula is C15H24F3NO4. The zero-order valence-corrected chi connectivity index (χ0v) is 13.9. The molecule has 1 rings (SSSR count). The van der Waals surface area contributed by atoms with E-state index in [-0.39, 0.29) is 26.2 Å². The first-order valence-corrected chi connectivity index (χ1v) is 7.59. The van der Waals surface area contributed by atoms with Crippen molar-refractivity contribution in [3.8, 4) is 0 Å². The van der Waals surface area contributed by atoms with E-state index in [2.05, 4.69) is 0 Å². The first kappa shape index (κ1) is 19.7. The van der Waals surface area contributed by atoms with Crippen LogP contribution in [0.15, 0.2) is 0 Å². The number of esters is 2. The Kier molecular flexibility index (Phi) is 6.44. The van der Waals surface area contributed by atoms with Crippen LogP contribution in [0.1, 0.15) is 34.1 Å². The van der Waals surface area contributed by atoms with E-state index in [9.17, 15) is 22.8 Å². The molecule has 134 valence electrons. The number of nitrogens with zero attached hydrogens (tertiary/aromatic N) is 1. The highest BCUT2D eigenvalue weighted by molar-refractivity contribution is 5.75. The van der Waals surface area contributed by atoms with Gasteiger partial charge in [0.25, 0.3) is 0 Å². The second-order valence-corrected chi connectivity index (χ2v) is 6.72. The lowest BCUT2D eigenvalue weighted by molar-refractivity contribution is -0.158. The van der Waals surface area contributed by atoms with Crippen molar-refractivity contribution in [3.05, 3.63) is 0 Å². The van der Waals surface area contributed by atoms with Gasteiger partial charge in [-0.1, -0.05) is 0 Å². The third kappa shape index (κ3) is 7.20. The van der Waals surface area contributed by atoms with E-state index in [1.54, 1.807) is 27.7 Å². The van der Waals surface area contributed by atoms with Crippen LogP contribution in [0.2, 0.25) is 0 Å². The van der Waals surface area contributed by atoms with Crippen LogP contribution in [0.5, 0.6) is 0 Å². The van der Waals surface area contributed by atoms with Crippen molar-refractivity contribution in [1.82, 2.24) is 4.90 Å². The van der Waals surface area contributed by atoms with Gasteiger partial charge in [-0.25, -0.2) is 0 Å². The summed E-state index contributed by atoms with van der Waals surface area (Å²) in [7, 11) is 0. The van der Waals surface area contributed by atoms with Crippen LogP contribution in [-0.2, 0) is 19.1 Å². The van der Waals surface area contributed by atoms with Crippen LogP contribution in [0, 0.1) is 11.8 Å². The van der Waals surface area contributed by atoms with E-state index in [1.165, 1.54) is 4.90 Å². The largest absolute Gasteiger partial charge is 0.466 e. The summed E-state index contributed by atoms with van der Waals surface area (Å²) in [6.07, 6.45) is -5.43. The van der Waals surface area contributed by atoms with Crippen molar-refractivity contribution in [2.24, 2.45) is 11.8 Å². The van der Waals surface area contributed by atoms with Crippen LogP contribution in [0.3, 0.4) is 0 Å². The molecule has 0 aliphatic carbocycles. The summed E-state index contributed by atoms with van der Waals surface area (Å²) >= 11 is 0. The van der Waals surface area contributed by atoms with Crippen molar-refractivity contribution in [2.45, 2.75) is 45.9 Å². The second-order valence-electron chi connectivity index (χ2n) is 6.72. The number of carbonyl (C=O) groups is 2. The molecule has 1 saturated heterocycles. The average molecular weight is 339 g/mol. The van der Waals surface area contributed by atoms with Crippen molar-refractivity contribution in [3.63, 3.8) is 0 Å². The van der Waals surface area contributed by atoms with Gasteiger partial charge in [-0.15, -0.1) is 0 Å². The van der Waals surface area contributed by atoms with Gasteiger partial charge in [-0.3, -0.25) is 14.5 Å². The molecule has 0 spiro atoms. The van der Waals surface area contributed by atoms with Crippen LogP contribution in [0.4, 0.5) is 13.2 Å². The third-order valence-corrected chi connectivity index (χ3v) is 3.37. The molecule has 0 aromatic heterocycles. The molecule has 1 aliphatic rings. The number of alkyl halides is 3. The number of halogens is 3. The molecule has 0 aromatic carbocycles. The van der Waals surface area contributed by atoms with Crippen molar-refractivity contribution >= 4 is 11.9 Å². The molecule has 0 bridgehead atoms. The highest BCUT2D eigenvalue weighted by Gasteiger charge is 2.44. The van der Waals surface area contributed by atoms with E-state index >= 15 is 0 Å². The first-order valence-electron chi connectivity index (χ1n) is 7.59. The lowest BCUT2D eigenvalue weighted by Gasteiger charge is -2.22. The van der Waals surface area contributed by atoms with Gasteiger partial charge in [0, 0.05) is 19.5 Å². The summed E-state index contributed by atoms with van der Waals surface area (Å²) in [5.41, 5.74) is -0.664. The number of hydrogen-bond acceptors (Lipinski definition) is 5. The van der Waals surface area contributed by atoms with E-state index < -0.39 is 42.0 Å². The fraction of sp³-hybridized carbons (Fsp3) is 0.867. The molecule has 23 heavy (non-hydrogen) atoms. The van der Waals surface area contributed by atoms with Gasteiger partial charge in [0.05, 0.1) is 19.1 Å². The maximum atomic E-state index is 12.7. The topological polar surface area (TPSA) is 55.8 Å². The Morgan fingerprint density at radius 2 is 1.78 bits per heavy atom. The zero-order chi connectivity index (χ0) is 17.8. The van der Waals surface area contributed by atoms with E-state index in [0.29, 0.717) is 0 Å². The molecule has 2 unspecified atom stereocenters. The summed E-state index contributed by atoms with van der Waals surface area (Å²) in [5.74, 6) is -2.95. The standard InChI is InChI=1S/C15H24F3NO4/c1-5-22-13(21)11-8-19(7-10(11)6-15(16,17)18)9-12(20)23-14(2,3)4/h10-11H,5-9H2,1-4H3. The molecule has 2 atom stereocenters. The van der Waals surface area contributed by atoms with Gasteiger partial charge >= 0.3 is 18.1 Å². The van der Waals surface area contributed by atoms with Crippen LogP contribution >= 0.6 is 0 Å². The minimum Gasteiger partial charge on any atom is -0.466 e. The van der Waals surface area contributed by atoms with Crippen molar-refractivity contribution in [1.29, 1.82) is 0 Å². The van der Waals surface area contributed by atoms with Crippen LogP contribution < -0.4 is 0 Å². The maximum absolute atomic E-state index is 12.7. The van der Waals surface area contributed by atoms with Gasteiger partial charge in [0.1, 0.15) is 5.60 Å². The molecule has 0 saturated carbocycles. The summed E-state index contributed by atoms with van der Waals surface area (Å²) in [4.78, 5) is 25.2. The molecule has 0 aromatic rings. The van der Waals surface area contributed by atoms with E-state index in [1.807, 2.05) is 0 Å². The molecule has 1 heterocycles. The van der Waals surface area contributed by atoms with Crippen LogP contribution in [-0.4, -0.2) is 54.9 Å². The number of rotatable bonds is 5. The first-order chi connectivity index (χ1) is 10.4. The fourth-order valence-electron chi connectivity index (χ4n) is 2.67. The Balaban J connectivity index is 2.71. The summed E-state index contributed by atoms with van der Waals surface area (Å²) in [6, 6.07) is 0. The minimum absolute atomic E-state index is 0.0161. The number of likely N-dealkylation sites (tertiary alicyclic amines) is 1. The zero-order valence-electron chi connectivity index (χ0n) is 13.9. The minimum atomic E-state index is -4.36. The molecular weight excluding hydrogens is 315 g/mol. The smallest absolute Gasteiger partial charge is 0.389 e. The van der Waals surface area contributed by atoms with Gasteiger partial charge in [0.15, 0.2) is 0 Å². The Hall–Kier alpha value is -1.31. The molecule has 0 radical (unpaired) electrons. The Morgan fingerprint density at radius 3 is 2.26 bits per heavy atom.